The molecule has 1 aromatic rings. The molecule has 1 heterocycles. The van der Waals surface area contributed by atoms with Crippen LogP contribution in [0.2, 0.25) is 0 Å². The fraction of sp³-hybridized carbons (Fsp3) is 0.500. The number of halogens is 1. The molecule has 0 atom stereocenters. The molecule has 0 aliphatic heterocycles. The molecule has 0 unspecified atom stereocenters. The van der Waals surface area contributed by atoms with Gasteiger partial charge in [-0.05, 0) is 13.3 Å². The molecule has 0 saturated heterocycles. The summed E-state index contributed by atoms with van der Waals surface area (Å²) in [7, 11) is 0. The summed E-state index contributed by atoms with van der Waals surface area (Å²) < 4.78 is 2.06. The summed E-state index contributed by atoms with van der Waals surface area (Å²) in [5.41, 5.74) is 0. The molecule has 18 heavy (non-hydrogen) atoms. The van der Waals surface area contributed by atoms with E-state index in [4.69, 9.17) is 0 Å². The van der Waals surface area contributed by atoms with Gasteiger partial charge in [-0.3, -0.25) is 4.99 Å². The van der Waals surface area contributed by atoms with Gasteiger partial charge in [0.1, 0.15) is 0 Å². The molecule has 102 valence electrons. The van der Waals surface area contributed by atoms with Crippen LogP contribution < -0.4 is 10.6 Å². The SMILES string of the molecule is C=CCNC(=NCCCn1ccnc1)NCC.I. The summed E-state index contributed by atoms with van der Waals surface area (Å²) in [4.78, 5) is 8.46. The van der Waals surface area contributed by atoms with Crippen LogP contribution in [0.1, 0.15) is 13.3 Å². The Morgan fingerprint density at radius 1 is 1.50 bits per heavy atom. The molecule has 2 N–H and O–H groups in total. The largest absolute Gasteiger partial charge is 0.357 e. The summed E-state index contributed by atoms with van der Waals surface area (Å²) >= 11 is 0. The van der Waals surface area contributed by atoms with Crippen molar-refractivity contribution < 1.29 is 0 Å². The van der Waals surface area contributed by atoms with Crippen molar-refractivity contribution in [3.8, 4) is 0 Å². The predicted molar refractivity (Wildman–Crippen MR) is 86.4 cm³/mol. The number of aromatic nitrogens is 2. The number of nitrogens with zero attached hydrogens (tertiary/aromatic N) is 3. The van der Waals surface area contributed by atoms with Crippen LogP contribution in [0.5, 0.6) is 0 Å². The van der Waals surface area contributed by atoms with Crippen molar-refractivity contribution in [1.82, 2.24) is 20.2 Å². The lowest BCUT2D eigenvalue weighted by atomic mass is 10.4. The van der Waals surface area contributed by atoms with Crippen LogP contribution >= 0.6 is 24.0 Å². The molecule has 0 spiro atoms. The fourth-order valence-electron chi connectivity index (χ4n) is 1.37. The van der Waals surface area contributed by atoms with Gasteiger partial charge >= 0.3 is 0 Å². The van der Waals surface area contributed by atoms with E-state index in [9.17, 15) is 0 Å². The van der Waals surface area contributed by atoms with Crippen molar-refractivity contribution in [1.29, 1.82) is 0 Å². The van der Waals surface area contributed by atoms with Crippen LogP contribution in [0.25, 0.3) is 0 Å². The Morgan fingerprint density at radius 3 is 2.94 bits per heavy atom. The molecule has 5 nitrogen and oxygen atoms in total. The molecule has 0 saturated carbocycles. The monoisotopic (exact) mass is 363 g/mol. The number of imidazole rings is 1. The van der Waals surface area contributed by atoms with E-state index < -0.39 is 0 Å². The van der Waals surface area contributed by atoms with Gasteiger partial charge < -0.3 is 15.2 Å². The van der Waals surface area contributed by atoms with Crippen LogP contribution in [0.4, 0.5) is 0 Å². The van der Waals surface area contributed by atoms with Crippen molar-refractivity contribution in [2.24, 2.45) is 4.99 Å². The molecule has 0 aliphatic carbocycles. The van der Waals surface area contributed by atoms with Crippen molar-refractivity contribution >= 4 is 29.9 Å². The second-order valence-corrected chi connectivity index (χ2v) is 3.58. The molecular weight excluding hydrogens is 341 g/mol. The molecule has 0 amide bonds. The van der Waals surface area contributed by atoms with E-state index in [1.807, 2.05) is 18.6 Å². The van der Waals surface area contributed by atoms with Gasteiger partial charge in [0.15, 0.2) is 5.96 Å². The molecule has 0 aromatic carbocycles. The Hall–Kier alpha value is -1.05. The summed E-state index contributed by atoms with van der Waals surface area (Å²) in [5.74, 6) is 0.845. The highest BCUT2D eigenvalue weighted by Crippen LogP contribution is 1.90. The lowest BCUT2D eigenvalue weighted by molar-refractivity contribution is 0.647. The Balaban J connectivity index is 0.00000289. The van der Waals surface area contributed by atoms with E-state index >= 15 is 0 Å². The van der Waals surface area contributed by atoms with Gasteiger partial charge in [-0.15, -0.1) is 30.6 Å². The summed E-state index contributed by atoms with van der Waals surface area (Å²) in [6.45, 7) is 9.06. The Kier molecular flexibility index (Phi) is 10.4. The minimum Gasteiger partial charge on any atom is -0.357 e. The number of hydrogen-bond donors (Lipinski definition) is 2. The highest BCUT2D eigenvalue weighted by molar-refractivity contribution is 14.0. The number of aryl methyl sites for hydroxylation is 1. The Morgan fingerprint density at radius 2 is 2.33 bits per heavy atom. The maximum Gasteiger partial charge on any atom is 0.191 e. The lowest BCUT2D eigenvalue weighted by Crippen LogP contribution is -2.37. The minimum atomic E-state index is 0. The van der Waals surface area contributed by atoms with Crippen LogP contribution in [-0.4, -0.2) is 35.1 Å². The van der Waals surface area contributed by atoms with Gasteiger partial charge in [0.2, 0.25) is 0 Å². The number of hydrogen-bond acceptors (Lipinski definition) is 2. The standard InChI is InChI=1S/C12H21N5.HI/c1-3-6-15-12(14-4-2)16-7-5-9-17-10-8-13-11-17;/h3,8,10-11H,1,4-7,9H2,2H3,(H2,14,15,16);1H. The average Bonchev–Trinajstić information content (AvgIpc) is 2.84. The first-order valence-electron chi connectivity index (χ1n) is 5.95. The Labute approximate surface area is 126 Å². The van der Waals surface area contributed by atoms with Crippen LogP contribution in [0.15, 0.2) is 36.4 Å². The van der Waals surface area contributed by atoms with E-state index in [1.54, 1.807) is 6.20 Å². The summed E-state index contributed by atoms with van der Waals surface area (Å²) in [6, 6.07) is 0. The molecule has 0 fully saturated rings. The van der Waals surface area contributed by atoms with Gasteiger partial charge in [0, 0.05) is 38.6 Å². The third kappa shape index (κ3) is 7.31. The number of aliphatic imine (C=N–C) groups is 1. The molecule has 0 aliphatic rings. The third-order valence-electron chi connectivity index (χ3n) is 2.16. The van der Waals surface area contributed by atoms with Crippen molar-refractivity contribution in [2.45, 2.75) is 19.9 Å². The number of rotatable bonds is 7. The minimum absolute atomic E-state index is 0. The van der Waals surface area contributed by atoms with Crippen molar-refractivity contribution in [3.63, 3.8) is 0 Å². The first-order valence-corrected chi connectivity index (χ1v) is 5.95. The topological polar surface area (TPSA) is 54.2 Å². The van der Waals surface area contributed by atoms with Gasteiger partial charge in [-0.25, -0.2) is 4.98 Å². The smallest absolute Gasteiger partial charge is 0.191 e. The quantitative estimate of drug-likeness (QED) is 0.255. The zero-order valence-electron chi connectivity index (χ0n) is 10.8. The van der Waals surface area contributed by atoms with E-state index in [2.05, 4.69) is 38.7 Å². The van der Waals surface area contributed by atoms with E-state index in [0.717, 1.165) is 38.6 Å². The zero-order valence-corrected chi connectivity index (χ0v) is 13.1. The first kappa shape index (κ1) is 16.9. The molecule has 0 radical (unpaired) electrons. The van der Waals surface area contributed by atoms with Gasteiger partial charge in [-0.2, -0.15) is 0 Å². The van der Waals surface area contributed by atoms with Gasteiger partial charge in [0.05, 0.1) is 6.33 Å². The van der Waals surface area contributed by atoms with Crippen molar-refractivity contribution in [2.75, 3.05) is 19.6 Å². The van der Waals surface area contributed by atoms with Gasteiger partial charge in [0.25, 0.3) is 0 Å². The molecule has 6 heteroatoms. The maximum atomic E-state index is 4.46. The highest BCUT2D eigenvalue weighted by atomic mass is 127. The normalized spacial score (nSPS) is 10.6. The van der Waals surface area contributed by atoms with Crippen LogP contribution in [0, 0.1) is 0 Å². The average molecular weight is 363 g/mol. The van der Waals surface area contributed by atoms with Gasteiger partial charge in [-0.1, -0.05) is 6.08 Å². The van der Waals surface area contributed by atoms with E-state index in [0.29, 0.717) is 0 Å². The predicted octanol–water partition coefficient (Wildman–Crippen LogP) is 1.63. The first-order chi connectivity index (χ1) is 8.36. The highest BCUT2D eigenvalue weighted by Gasteiger charge is 1.94. The number of nitrogens with one attached hydrogen (secondary N) is 2. The Bertz CT molecular complexity index is 334. The summed E-state index contributed by atoms with van der Waals surface area (Å²) in [6.07, 6.45) is 8.40. The van der Waals surface area contributed by atoms with Crippen molar-refractivity contribution in [3.05, 3.63) is 31.4 Å². The molecule has 0 bridgehead atoms. The second kappa shape index (κ2) is 11.1. The summed E-state index contributed by atoms with van der Waals surface area (Å²) in [5, 5.41) is 6.35. The lowest BCUT2D eigenvalue weighted by Gasteiger charge is -2.09. The van der Waals surface area contributed by atoms with Crippen LogP contribution in [-0.2, 0) is 6.54 Å². The molecule has 1 rings (SSSR count). The van der Waals surface area contributed by atoms with E-state index in [-0.39, 0.29) is 24.0 Å². The van der Waals surface area contributed by atoms with Crippen LogP contribution in [0.3, 0.4) is 0 Å². The third-order valence-corrected chi connectivity index (χ3v) is 2.16. The molecular formula is C12H22IN5. The molecule has 1 aromatic heterocycles. The second-order valence-electron chi connectivity index (χ2n) is 3.58. The maximum absolute atomic E-state index is 4.46. The fourth-order valence-corrected chi connectivity index (χ4v) is 1.37. The van der Waals surface area contributed by atoms with E-state index in [1.165, 1.54) is 0 Å². The number of guanidine groups is 1. The zero-order chi connectivity index (χ0) is 12.3.